The molecule has 6 heteroatoms. The summed E-state index contributed by atoms with van der Waals surface area (Å²) in [4.78, 5) is 31.0. The number of amides is 2. The molecule has 142 valence electrons. The molecule has 3 heterocycles. The van der Waals surface area contributed by atoms with Crippen molar-refractivity contribution in [2.75, 3.05) is 19.6 Å². The van der Waals surface area contributed by atoms with Crippen LogP contribution in [-0.4, -0.2) is 45.7 Å². The van der Waals surface area contributed by atoms with Crippen LogP contribution in [0.25, 0.3) is 5.65 Å². The Balaban J connectivity index is 1.09. The van der Waals surface area contributed by atoms with Crippen LogP contribution in [0.15, 0.2) is 61.1 Å². The summed E-state index contributed by atoms with van der Waals surface area (Å²) < 4.78 is 1.85. The summed E-state index contributed by atoms with van der Waals surface area (Å²) in [5.74, 6) is 1.88. The molecule has 0 radical (unpaired) electrons. The number of piperidine rings is 1. The predicted molar refractivity (Wildman–Crippen MR) is 105 cm³/mol. The van der Waals surface area contributed by atoms with Gasteiger partial charge in [0.25, 0.3) is 11.8 Å². The van der Waals surface area contributed by atoms with E-state index in [2.05, 4.69) is 10.3 Å². The van der Waals surface area contributed by atoms with Crippen molar-refractivity contribution >= 4 is 17.5 Å². The number of hydrogen-bond donors (Lipinski definition) is 1. The fourth-order valence-corrected chi connectivity index (χ4v) is 4.52. The van der Waals surface area contributed by atoms with Gasteiger partial charge in [0, 0.05) is 43.8 Å². The normalized spacial score (nSPS) is 22.9. The van der Waals surface area contributed by atoms with Crippen LogP contribution >= 0.6 is 0 Å². The van der Waals surface area contributed by atoms with E-state index in [0.29, 0.717) is 29.9 Å². The van der Waals surface area contributed by atoms with E-state index in [1.807, 2.05) is 51.9 Å². The lowest BCUT2D eigenvalue weighted by atomic mass is 10.1. The number of carbonyl (C=O) groups is 2. The molecule has 28 heavy (non-hydrogen) atoms. The average Bonchev–Trinajstić information content (AvgIpc) is 3.10. The van der Waals surface area contributed by atoms with E-state index in [1.165, 1.54) is 0 Å². The zero-order valence-electron chi connectivity index (χ0n) is 15.5. The highest BCUT2D eigenvalue weighted by Crippen LogP contribution is 2.53. The number of likely N-dealkylation sites (tertiary alicyclic amines) is 1. The summed E-state index contributed by atoms with van der Waals surface area (Å²) in [5.41, 5.74) is 2.24. The van der Waals surface area contributed by atoms with Crippen LogP contribution < -0.4 is 5.32 Å². The molecule has 0 bridgehead atoms. The van der Waals surface area contributed by atoms with Crippen molar-refractivity contribution in [1.29, 1.82) is 0 Å². The van der Waals surface area contributed by atoms with Crippen LogP contribution in [0.3, 0.4) is 0 Å². The Morgan fingerprint density at radius 1 is 1.04 bits per heavy atom. The number of carbonyl (C=O) groups excluding carboxylic acids is 2. The molecule has 1 saturated carbocycles. The van der Waals surface area contributed by atoms with Gasteiger partial charge in [-0.2, -0.15) is 0 Å². The van der Waals surface area contributed by atoms with Crippen LogP contribution in [0.5, 0.6) is 0 Å². The first-order chi connectivity index (χ1) is 13.7. The van der Waals surface area contributed by atoms with Gasteiger partial charge in [-0.1, -0.05) is 18.2 Å². The molecular weight excluding hydrogens is 352 g/mol. The fourth-order valence-electron chi connectivity index (χ4n) is 4.52. The summed E-state index contributed by atoms with van der Waals surface area (Å²) in [7, 11) is 0. The molecule has 2 aliphatic rings. The maximum Gasteiger partial charge on any atom is 0.253 e. The second-order valence-electron chi connectivity index (χ2n) is 7.72. The minimum Gasteiger partial charge on any atom is -0.352 e. The van der Waals surface area contributed by atoms with Gasteiger partial charge in [-0.05, 0) is 48.4 Å². The molecule has 2 amide bonds. The lowest BCUT2D eigenvalue weighted by molar-refractivity contribution is 0.0767. The van der Waals surface area contributed by atoms with Gasteiger partial charge in [0.15, 0.2) is 0 Å². The summed E-state index contributed by atoms with van der Waals surface area (Å²) >= 11 is 0. The van der Waals surface area contributed by atoms with E-state index in [4.69, 9.17) is 0 Å². The molecule has 5 rings (SSSR count). The maximum atomic E-state index is 12.5. The lowest BCUT2D eigenvalue weighted by Gasteiger charge is -2.20. The van der Waals surface area contributed by atoms with Crippen LogP contribution in [0.4, 0.5) is 0 Å². The zero-order chi connectivity index (χ0) is 19.1. The number of aromatic nitrogens is 2. The minimum absolute atomic E-state index is 0.0534. The van der Waals surface area contributed by atoms with Crippen molar-refractivity contribution in [2.45, 2.75) is 6.42 Å². The first kappa shape index (κ1) is 17.0. The smallest absolute Gasteiger partial charge is 0.253 e. The number of pyridine rings is 1. The van der Waals surface area contributed by atoms with Crippen molar-refractivity contribution in [3.8, 4) is 0 Å². The van der Waals surface area contributed by atoms with E-state index in [0.717, 1.165) is 30.7 Å². The minimum atomic E-state index is -0.0534. The quantitative estimate of drug-likeness (QED) is 0.746. The zero-order valence-corrected chi connectivity index (χ0v) is 15.5. The fraction of sp³-hybridized carbons (Fsp3) is 0.318. The van der Waals surface area contributed by atoms with Gasteiger partial charge in [0.05, 0.1) is 5.56 Å². The molecule has 2 aromatic heterocycles. The summed E-state index contributed by atoms with van der Waals surface area (Å²) in [5, 5.41) is 3.02. The third-order valence-electron chi connectivity index (χ3n) is 6.09. The van der Waals surface area contributed by atoms with Gasteiger partial charge in [0.2, 0.25) is 0 Å². The Morgan fingerprint density at radius 2 is 1.82 bits per heavy atom. The third-order valence-corrected chi connectivity index (χ3v) is 6.09. The first-order valence-electron chi connectivity index (χ1n) is 9.76. The second kappa shape index (κ2) is 6.78. The Kier molecular flexibility index (Phi) is 4.11. The Morgan fingerprint density at radius 3 is 2.61 bits per heavy atom. The van der Waals surface area contributed by atoms with Crippen LogP contribution in [0.1, 0.15) is 27.1 Å². The SMILES string of the molecule is O=C(NCCC1[C@H]2CN(C(=O)c3ccccc3)C[C@@H]12)c1ccc2nccn2c1. The monoisotopic (exact) mass is 374 g/mol. The van der Waals surface area contributed by atoms with Crippen molar-refractivity contribution < 1.29 is 9.59 Å². The number of imidazole rings is 1. The molecule has 0 spiro atoms. The highest BCUT2D eigenvalue weighted by molar-refractivity contribution is 5.95. The van der Waals surface area contributed by atoms with Crippen LogP contribution in [0, 0.1) is 17.8 Å². The number of benzene rings is 1. The van der Waals surface area contributed by atoms with E-state index in [-0.39, 0.29) is 11.8 Å². The molecular formula is C22H22N4O2. The van der Waals surface area contributed by atoms with Crippen molar-refractivity contribution in [1.82, 2.24) is 19.6 Å². The van der Waals surface area contributed by atoms with Crippen LogP contribution in [0.2, 0.25) is 0 Å². The Bertz CT molecular complexity index is 1020. The van der Waals surface area contributed by atoms with Gasteiger partial charge in [-0.3, -0.25) is 9.59 Å². The number of nitrogens with one attached hydrogen (secondary N) is 1. The molecule has 1 aliphatic carbocycles. The first-order valence-corrected chi connectivity index (χ1v) is 9.76. The summed E-state index contributed by atoms with van der Waals surface area (Å²) in [6.07, 6.45) is 6.33. The number of hydrogen-bond acceptors (Lipinski definition) is 3. The molecule has 2 fully saturated rings. The standard InChI is InChI=1S/C22H22N4O2/c27-21(16-6-7-20-23-10-11-25(20)12-16)24-9-8-17-18-13-26(14-19(17)18)22(28)15-4-2-1-3-5-15/h1-7,10-12,17-19H,8-9,13-14H2,(H,24,27)/t17?,18-,19+. The van der Waals surface area contributed by atoms with Crippen LogP contribution in [-0.2, 0) is 0 Å². The van der Waals surface area contributed by atoms with Crippen molar-refractivity contribution in [3.05, 3.63) is 72.2 Å². The molecule has 1 saturated heterocycles. The van der Waals surface area contributed by atoms with E-state index < -0.39 is 0 Å². The molecule has 1 unspecified atom stereocenters. The number of fused-ring (bicyclic) bond motifs is 2. The van der Waals surface area contributed by atoms with Gasteiger partial charge in [0.1, 0.15) is 5.65 Å². The van der Waals surface area contributed by atoms with Gasteiger partial charge in [-0.15, -0.1) is 0 Å². The van der Waals surface area contributed by atoms with Gasteiger partial charge < -0.3 is 14.6 Å². The summed E-state index contributed by atoms with van der Waals surface area (Å²) in [6.45, 7) is 2.35. The molecule has 1 N–H and O–H groups in total. The Labute approximate surface area is 163 Å². The molecule has 1 aliphatic heterocycles. The maximum absolute atomic E-state index is 12.5. The van der Waals surface area contributed by atoms with E-state index in [9.17, 15) is 9.59 Å². The average molecular weight is 374 g/mol. The topological polar surface area (TPSA) is 66.7 Å². The lowest BCUT2D eigenvalue weighted by Crippen LogP contribution is -2.32. The molecule has 1 aromatic carbocycles. The molecule has 6 nitrogen and oxygen atoms in total. The highest BCUT2D eigenvalue weighted by Gasteiger charge is 2.55. The Hall–Kier alpha value is -3.15. The predicted octanol–water partition coefficient (Wildman–Crippen LogP) is 2.47. The number of rotatable bonds is 5. The number of nitrogens with zero attached hydrogens (tertiary/aromatic N) is 3. The highest BCUT2D eigenvalue weighted by atomic mass is 16.2. The van der Waals surface area contributed by atoms with Gasteiger partial charge in [-0.25, -0.2) is 4.98 Å². The third kappa shape index (κ3) is 3.05. The van der Waals surface area contributed by atoms with E-state index in [1.54, 1.807) is 18.5 Å². The largest absolute Gasteiger partial charge is 0.352 e. The van der Waals surface area contributed by atoms with Crippen molar-refractivity contribution in [3.63, 3.8) is 0 Å². The second-order valence-corrected chi connectivity index (χ2v) is 7.72. The molecule has 3 atom stereocenters. The summed E-state index contributed by atoms with van der Waals surface area (Å²) in [6, 6.07) is 13.1. The van der Waals surface area contributed by atoms with Gasteiger partial charge >= 0.3 is 0 Å². The van der Waals surface area contributed by atoms with E-state index >= 15 is 0 Å². The molecule has 3 aromatic rings. The van der Waals surface area contributed by atoms with Crippen molar-refractivity contribution in [2.24, 2.45) is 17.8 Å².